The maximum Gasteiger partial charge on any atom is 0.258 e. The number of aromatic nitrogens is 5. The van der Waals surface area contributed by atoms with Crippen LogP contribution in [-0.2, 0) is 5.75 Å². The van der Waals surface area contributed by atoms with Gasteiger partial charge in [0.05, 0.1) is 10.6 Å². The predicted octanol–water partition coefficient (Wildman–Crippen LogP) is 4.30. The van der Waals surface area contributed by atoms with Gasteiger partial charge in [0.2, 0.25) is 0 Å². The van der Waals surface area contributed by atoms with Crippen LogP contribution < -0.4 is 5.56 Å². The number of benzene rings is 1. The van der Waals surface area contributed by atoms with Gasteiger partial charge in [-0.1, -0.05) is 42.1 Å². The largest absolute Gasteiger partial charge is 0.269 e. The monoisotopic (exact) mass is 417 g/mol. The SMILES string of the molecule is O=c1cc(CSc2nnc(-c3cccs3)n2-c2ccccc2)nc2ccccn12. The van der Waals surface area contributed by atoms with E-state index in [4.69, 9.17) is 0 Å². The van der Waals surface area contributed by atoms with Gasteiger partial charge in [-0.05, 0) is 35.7 Å². The van der Waals surface area contributed by atoms with Gasteiger partial charge in [0.1, 0.15) is 5.65 Å². The van der Waals surface area contributed by atoms with Crippen LogP contribution in [-0.4, -0.2) is 24.1 Å². The van der Waals surface area contributed by atoms with Crippen molar-refractivity contribution in [2.45, 2.75) is 10.9 Å². The molecule has 1 aromatic carbocycles. The van der Waals surface area contributed by atoms with Crippen LogP contribution in [0.1, 0.15) is 5.69 Å². The van der Waals surface area contributed by atoms with Gasteiger partial charge in [0, 0.05) is 23.7 Å². The molecule has 0 atom stereocenters. The third-order valence-corrected chi connectivity index (χ3v) is 6.19. The summed E-state index contributed by atoms with van der Waals surface area (Å²) in [6.45, 7) is 0. The zero-order valence-electron chi connectivity index (χ0n) is 15.2. The zero-order chi connectivity index (χ0) is 19.6. The Hall–Kier alpha value is -3.23. The van der Waals surface area contributed by atoms with Gasteiger partial charge in [-0.2, -0.15) is 0 Å². The fraction of sp³-hybridized carbons (Fsp3) is 0.0476. The zero-order valence-corrected chi connectivity index (χ0v) is 16.8. The quantitative estimate of drug-likeness (QED) is 0.399. The van der Waals surface area contributed by atoms with Crippen LogP contribution in [0, 0.1) is 0 Å². The van der Waals surface area contributed by atoms with E-state index < -0.39 is 0 Å². The molecule has 4 aromatic heterocycles. The number of hydrogen-bond acceptors (Lipinski definition) is 6. The molecule has 5 aromatic rings. The van der Waals surface area contributed by atoms with Gasteiger partial charge in [0.15, 0.2) is 11.0 Å². The number of thioether (sulfide) groups is 1. The molecule has 142 valence electrons. The van der Waals surface area contributed by atoms with Crippen molar-refractivity contribution in [3.63, 3.8) is 0 Å². The van der Waals surface area contributed by atoms with Gasteiger partial charge in [0.25, 0.3) is 5.56 Å². The molecule has 5 rings (SSSR count). The molecule has 0 saturated carbocycles. The second kappa shape index (κ2) is 7.65. The Bertz CT molecular complexity index is 1330. The summed E-state index contributed by atoms with van der Waals surface area (Å²) in [5.41, 5.74) is 2.26. The molecule has 6 nitrogen and oxygen atoms in total. The normalized spacial score (nSPS) is 11.2. The predicted molar refractivity (Wildman–Crippen MR) is 116 cm³/mol. The molecule has 29 heavy (non-hydrogen) atoms. The Kier molecular flexibility index (Phi) is 4.71. The Labute approximate surface area is 174 Å². The van der Waals surface area contributed by atoms with Crippen LogP contribution in [0.3, 0.4) is 0 Å². The van der Waals surface area contributed by atoms with E-state index in [1.54, 1.807) is 23.6 Å². The first-order valence-electron chi connectivity index (χ1n) is 8.94. The second-order valence-electron chi connectivity index (χ2n) is 6.26. The van der Waals surface area contributed by atoms with Gasteiger partial charge < -0.3 is 0 Å². The third-order valence-electron chi connectivity index (χ3n) is 4.36. The van der Waals surface area contributed by atoms with Gasteiger partial charge in [-0.25, -0.2) is 4.98 Å². The fourth-order valence-electron chi connectivity index (χ4n) is 3.05. The van der Waals surface area contributed by atoms with E-state index >= 15 is 0 Å². The van der Waals surface area contributed by atoms with Crippen molar-refractivity contribution >= 4 is 28.7 Å². The number of fused-ring (bicyclic) bond motifs is 1. The van der Waals surface area contributed by atoms with Gasteiger partial charge >= 0.3 is 0 Å². The average molecular weight is 418 g/mol. The summed E-state index contributed by atoms with van der Waals surface area (Å²) in [4.78, 5) is 18.0. The molecule has 8 heteroatoms. The van der Waals surface area contributed by atoms with Gasteiger partial charge in [-0.3, -0.25) is 13.8 Å². The molecule has 0 bridgehead atoms. The standard InChI is InChI=1S/C21H15N5OS2/c27-19-13-15(22-18-10-4-5-11-25(18)19)14-29-21-24-23-20(17-9-6-12-28-17)26(21)16-7-2-1-3-8-16/h1-13H,14H2. The summed E-state index contributed by atoms with van der Waals surface area (Å²) in [5.74, 6) is 1.33. The molecule has 0 aliphatic carbocycles. The maximum absolute atomic E-state index is 12.3. The Balaban J connectivity index is 1.51. The summed E-state index contributed by atoms with van der Waals surface area (Å²) in [5, 5.41) is 11.6. The van der Waals surface area contributed by atoms with Crippen LogP contribution in [0.2, 0.25) is 0 Å². The highest BCUT2D eigenvalue weighted by Crippen LogP contribution is 2.31. The lowest BCUT2D eigenvalue weighted by Crippen LogP contribution is -2.14. The average Bonchev–Trinajstić information content (AvgIpc) is 3.43. The van der Waals surface area contributed by atoms with Crippen LogP contribution in [0.4, 0.5) is 0 Å². The molecule has 0 N–H and O–H groups in total. The van der Waals surface area contributed by atoms with Crippen molar-refractivity contribution in [3.8, 4) is 16.4 Å². The lowest BCUT2D eigenvalue weighted by Gasteiger charge is -2.09. The van der Waals surface area contributed by atoms with Crippen molar-refractivity contribution in [1.82, 2.24) is 24.1 Å². The number of hydrogen-bond donors (Lipinski definition) is 0. The molecule has 0 unspecified atom stereocenters. The van der Waals surface area contributed by atoms with E-state index in [0.29, 0.717) is 17.1 Å². The molecule has 0 radical (unpaired) electrons. The summed E-state index contributed by atoms with van der Waals surface area (Å²) in [6.07, 6.45) is 1.72. The lowest BCUT2D eigenvalue weighted by molar-refractivity contribution is 0.885. The fourth-order valence-corrected chi connectivity index (χ4v) is 4.60. The molecule has 0 amide bonds. The minimum absolute atomic E-state index is 0.0880. The highest BCUT2D eigenvalue weighted by Gasteiger charge is 2.17. The van der Waals surface area contributed by atoms with Crippen LogP contribution >= 0.6 is 23.1 Å². The number of pyridine rings is 1. The van der Waals surface area contributed by atoms with E-state index in [2.05, 4.69) is 15.2 Å². The van der Waals surface area contributed by atoms with Crippen LogP contribution in [0.15, 0.2) is 88.3 Å². The summed E-state index contributed by atoms with van der Waals surface area (Å²) >= 11 is 3.14. The van der Waals surface area contributed by atoms with Gasteiger partial charge in [-0.15, -0.1) is 21.5 Å². The molecule has 0 fully saturated rings. The number of rotatable bonds is 5. The highest BCUT2D eigenvalue weighted by atomic mass is 32.2. The Morgan fingerprint density at radius 1 is 0.966 bits per heavy atom. The summed E-state index contributed by atoms with van der Waals surface area (Å²) in [6, 6.07) is 21.2. The topological polar surface area (TPSA) is 65.1 Å². The summed E-state index contributed by atoms with van der Waals surface area (Å²) in [7, 11) is 0. The highest BCUT2D eigenvalue weighted by molar-refractivity contribution is 7.98. The molecule has 0 saturated heterocycles. The molecule has 0 aliphatic rings. The molecule has 4 heterocycles. The second-order valence-corrected chi connectivity index (χ2v) is 8.15. The van der Waals surface area contributed by atoms with Crippen molar-refractivity contribution in [2.75, 3.05) is 0 Å². The molecule has 0 aliphatic heterocycles. The smallest absolute Gasteiger partial charge is 0.258 e. The summed E-state index contributed by atoms with van der Waals surface area (Å²) < 4.78 is 3.58. The first-order chi connectivity index (χ1) is 14.3. The number of para-hydroxylation sites is 1. The van der Waals surface area contributed by atoms with Crippen molar-refractivity contribution in [1.29, 1.82) is 0 Å². The first-order valence-corrected chi connectivity index (χ1v) is 10.8. The van der Waals surface area contributed by atoms with E-state index in [-0.39, 0.29) is 5.56 Å². The van der Waals surface area contributed by atoms with Crippen molar-refractivity contribution < 1.29 is 0 Å². The maximum atomic E-state index is 12.3. The molecule has 0 spiro atoms. The molecular formula is C21H15N5OS2. The Morgan fingerprint density at radius 3 is 2.66 bits per heavy atom. The van der Waals surface area contributed by atoms with Crippen molar-refractivity contribution in [2.24, 2.45) is 0 Å². The van der Waals surface area contributed by atoms with E-state index in [9.17, 15) is 4.79 Å². The minimum Gasteiger partial charge on any atom is -0.269 e. The van der Waals surface area contributed by atoms with Crippen molar-refractivity contribution in [3.05, 3.63) is 94.4 Å². The van der Waals surface area contributed by atoms with E-state index in [1.165, 1.54) is 16.2 Å². The Morgan fingerprint density at radius 2 is 1.83 bits per heavy atom. The van der Waals surface area contributed by atoms with Crippen LogP contribution in [0.5, 0.6) is 0 Å². The number of thiophene rings is 1. The third kappa shape index (κ3) is 3.48. The molecular weight excluding hydrogens is 402 g/mol. The lowest BCUT2D eigenvalue weighted by atomic mass is 10.3. The first kappa shape index (κ1) is 17.8. The van der Waals surface area contributed by atoms with E-state index in [0.717, 1.165) is 21.5 Å². The van der Waals surface area contributed by atoms with E-state index in [1.807, 2.05) is 70.6 Å². The van der Waals surface area contributed by atoms with Crippen LogP contribution in [0.25, 0.3) is 22.0 Å². The number of nitrogens with zero attached hydrogens (tertiary/aromatic N) is 5. The minimum atomic E-state index is -0.0880.